The number of carbonyl (C=O) groups excluding carboxylic acids is 1. The summed E-state index contributed by atoms with van der Waals surface area (Å²) in [5, 5.41) is 14.7. The van der Waals surface area contributed by atoms with Gasteiger partial charge in [0.05, 0.1) is 12.8 Å². The summed E-state index contributed by atoms with van der Waals surface area (Å²) in [6.07, 6.45) is 1.95. The van der Waals surface area contributed by atoms with Gasteiger partial charge in [-0.15, -0.1) is 10.2 Å². The molecule has 2 heterocycles. The van der Waals surface area contributed by atoms with Crippen LogP contribution in [-0.4, -0.2) is 21.9 Å². The van der Waals surface area contributed by atoms with Gasteiger partial charge in [0, 0.05) is 17.9 Å². The molecule has 130 valence electrons. The monoisotopic (exact) mass is 378 g/mol. The van der Waals surface area contributed by atoms with Gasteiger partial charge in [-0.3, -0.25) is 4.79 Å². The van der Waals surface area contributed by atoms with Crippen molar-refractivity contribution in [2.75, 3.05) is 16.4 Å². The minimum absolute atomic E-state index is 0.125. The Morgan fingerprint density at radius 1 is 1.24 bits per heavy atom. The smallest absolute Gasteiger partial charge is 0.225 e. The van der Waals surface area contributed by atoms with Gasteiger partial charge in [-0.25, -0.2) is 4.39 Å². The van der Waals surface area contributed by atoms with E-state index in [9.17, 15) is 9.18 Å². The molecule has 0 aliphatic heterocycles. The highest BCUT2D eigenvalue weighted by atomic mass is 32.2. The summed E-state index contributed by atoms with van der Waals surface area (Å²) in [6.45, 7) is 0.548. The van der Waals surface area contributed by atoms with Crippen molar-refractivity contribution >= 4 is 39.8 Å². The Morgan fingerprint density at radius 2 is 2.08 bits per heavy atom. The second-order valence-corrected chi connectivity index (χ2v) is 7.28. The normalized spacial score (nSPS) is 10.6. The van der Waals surface area contributed by atoms with Gasteiger partial charge in [0.2, 0.25) is 11.0 Å². The van der Waals surface area contributed by atoms with E-state index < -0.39 is 0 Å². The van der Waals surface area contributed by atoms with Gasteiger partial charge >= 0.3 is 0 Å². The molecule has 3 aromatic rings. The van der Waals surface area contributed by atoms with Crippen LogP contribution in [0, 0.1) is 5.82 Å². The third-order valence-corrected chi connectivity index (χ3v) is 5.10. The van der Waals surface area contributed by atoms with E-state index >= 15 is 0 Å². The van der Waals surface area contributed by atoms with Crippen molar-refractivity contribution in [1.29, 1.82) is 0 Å². The van der Waals surface area contributed by atoms with Crippen molar-refractivity contribution in [3.8, 4) is 0 Å². The number of rotatable bonds is 8. The second-order valence-electron chi connectivity index (χ2n) is 4.96. The molecule has 6 nitrogen and oxygen atoms in total. The summed E-state index contributed by atoms with van der Waals surface area (Å²) in [7, 11) is 0. The molecule has 2 N–H and O–H groups in total. The number of anilines is 2. The van der Waals surface area contributed by atoms with Crippen molar-refractivity contribution < 1.29 is 13.6 Å². The molecule has 0 fully saturated rings. The molecular weight excluding hydrogens is 363 g/mol. The molecule has 0 spiro atoms. The molecule has 3 rings (SSSR count). The quantitative estimate of drug-likeness (QED) is 0.577. The van der Waals surface area contributed by atoms with Gasteiger partial charge in [0.15, 0.2) is 4.34 Å². The predicted octanol–water partition coefficient (Wildman–Crippen LogP) is 4.00. The number of furan rings is 1. The first-order valence-electron chi connectivity index (χ1n) is 7.47. The van der Waals surface area contributed by atoms with Crippen LogP contribution in [0.3, 0.4) is 0 Å². The zero-order chi connectivity index (χ0) is 17.5. The van der Waals surface area contributed by atoms with Crippen LogP contribution in [0.2, 0.25) is 0 Å². The summed E-state index contributed by atoms with van der Waals surface area (Å²) < 4.78 is 18.8. The predicted molar refractivity (Wildman–Crippen MR) is 96.3 cm³/mol. The standard InChI is InChI=1S/C16H15FN4O2S2/c17-11-3-5-12(6-4-11)19-14(22)7-9-24-16-21-20-15(25-16)18-10-13-2-1-8-23-13/h1-6,8H,7,9-10H2,(H,18,20)(H,19,22). The molecular formula is C16H15FN4O2S2. The average Bonchev–Trinajstić information content (AvgIpc) is 3.27. The van der Waals surface area contributed by atoms with Gasteiger partial charge < -0.3 is 15.1 Å². The number of hydrogen-bond acceptors (Lipinski definition) is 7. The maximum Gasteiger partial charge on any atom is 0.225 e. The number of nitrogens with one attached hydrogen (secondary N) is 2. The zero-order valence-corrected chi connectivity index (χ0v) is 14.7. The molecule has 9 heteroatoms. The van der Waals surface area contributed by atoms with E-state index in [1.54, 1.807) is 6.26 Å². The van der Waals surface area contributed by atoms with Crippen LogP contribution in [0.15, 0.2) is 51.4 Å². The lowest BCUT2D eigenvalue weighted by Crippen LogP contribution is -2.12. The fourth-order valence-corrected chi connectivity index (χ4v) is 3.66. The SMILES string of the molecule is O=C(CCSc1nnc(NCc2ccco2)s1)Nc1ccc(F)cc1. The molecule has 0 unspecified atom stereocenters. The van der Waals surface area contributed by atoms with E-state index in [0.717, 1.165) is 10.1 Å². The number of halogens is 1. The minimum Gasteiger partial charge on any atom is -0.467 e. The molecule has 0 bridgehead atoms. The summed E-state index contributed by atoms with van der Waals surface area (Å²) in [6, 6.07) is 9.38. The van der Waals surface area contributed by atoms with Crippen molar-refractivity contribution in [2.45, 2.75) is 17.3 Å². The third kappa shape index (κ3) is 5.57. The number of amides is 1. The van der Waals surface area contributed by atoms with Gasteiger partial charge in [-0.05, 0) is 36.4 Å². The highest BCUT2D eigenvalue weighted by Crippen LogP contribution is 2.26. The molecule has 0 radical (unpaired) electrons. The van der Waals surface area contributed by atoms with Crippen LogP contribution in [0.1, 0.15) is 12.2 Å². The largest absolute Gasteiger partial charge is 0.467 e. The fourth-order valence-electron chi connectivity index (χ4n) is 1.90. The summed E-state index contributed by atoms with van der Waals surface area (Å²) >= 11 is 2.89. The fraction of sp³-hybridized carbons (Fsp3) is 0.188. The highest BCUT2D eigenvalue weighted by molar-refractivity contribution is 8.01. The first-order valence-corrected chi connectivity index (χ1v) is 9.27. The Hall–Kier alpha value is -2.39. The maximum absolute atomic E-state index is 12.8. The lowest BCUT2D eigenvalue weighted by Gasteiger charge is -2.04. The molecule has 0 saturated carbocycles. The summed E-state index contributed by atoms with van der Waals surface area (Å²) in [4.78, 5) is 11.9. The number of benzene rings is 1. The zero-order valence-electron chi connectivity index (χ0n) is 13.1. The van der Waals surface area contributed by atoms with Crippen LogP contribution in [-0.2, 0) is 11.3 Å². The van der Waals surface area contributed by atoms with E-state index in [2.05, 4.69) is 20.8 Å². The lowest BCUT2D eigenvalue weighted by atomic mass is 10.3. The van der Waals surface area contributed by atoms with E-state index in [0.29, 0.717) is 29.5 Å². The van der Waals surface area contributed by atoms with Gasteiger partial charge in [0.25, 0.3) is 0 Å². The van der Waals surface area contributed by atoms with E-state index in [-0.39, 0.29) is 11.7 Å². The maximum atomic E-state index is 12.8. The highest BCUT2D eigenvalue weighted by Gasteiger charge is 2.08. The summed E-state index contributed by atoms with van der Waals surface area (Å²) in [5.41, 5.74) is 0.580. The number of aromatic nitrogens is 2. The average molecular weight is 378 g/mol. The van der Waals surface area contributed by atoms with Crippen LogP contribution in [0.25, 0.3) is 0 Å². The number of nitrogens with zero attached hydrogens (tertiary/aromatic N) is 2. The van der Waals surface area contributed by atoms with Crippen molar-refractivity contribution in [2.24, 2.45) is 0 Å². The van der Waals surface area contributed by atoms with Crippen molar-refractivity contribution in [3.63, 3.8) is 0 Å². The molecule has 0 aliphatic carbocycles. The van der Waals surface area contributed by atoms with E-state index in [1.807, 2.05) is 12.1 Å². The van der Waals surface area contributed by atoms with Gasteiger partial charge in [-0.2, -0.15) is 0 Å². The van der Waals surface area contributed by atoms with Gasteiger partial charge in [-0.1, -0.05) is 23.1 Å². The molecule has 0 atom stereocenters. The molecule has 25 heavy (non-hydrogen) atoms. The third-order valence-electron chi connectivity index (χ3n) is 3.08. The van der Waals surface area contributed by atoms with Crippen LogP contribution < -0.4 is 10.6 Å². The van der Waals surface area contributed by atoms with Crippen LogP contribution in [0.4, 0.5) is 15.2 Å². The van der Waals surface area contributed by atoms with Gasteiger partial charge in [0.1, 0.15) is 11.6 Å². The molecule has 0 saturated heterocycles. The Balaban J connectivity index is 1.38. The first kappa shape index (κ1) is 17.4. The Morgan fingerprint density at radius 3 is 2.84 bits per heavy atom. The molecule has 2 aromatic heterocycles. The number of thioether (sulfide) groups is 1. The second kappa shape index (κ2) is 8.63. The topological polar surface area (TPSA) is 80.1 Å². The molecule has 1 aromatic carbocycles. The van der Waals surface area contributed by atoms with E-state index in [4.69, 9.17) is 4.42 Å². The Kier molecular flexibility index (Phi) is 6.02. The van der Waals surface area contributed by atoms with Crippen LogP contribution in [0.5, 0.6) is 0 Å². The number of carbonyl (C=O) groups is 1. The van der Waals surface area contributed by atoms with Crippen LogP contribution >= 0.6 is 23.1 Å². The molecule has 0 aliphatic rings. The van der Waals surface area contributed by atoms with E-state index in [1.165, 1.54) is 47.4 Å². The van der Waals surface area contributed by atoms with Crippen molar-refractivity contribution in [3.05, 3.63) is 54.2 Å². The Bertz CT molecular complexity index is 806. The van der Waals surface area contributed by atoms with Crippen molar-refractivity contribution in [1.82, 2.24) is 10.2 Å². The minimum atomic E-state index is -0.332. The Labute approximate surface area is 151 Å². The first-order chi connectivity index (χ1) is 12.2. The lowest BCUT2D eigenvalue weighted by molar-refractivity contribution is -0.115. The molecule has 1 amide bonds. The summed E-state index contributed by atoms with van der Waals surface area (Å²) in [5.74, 6) is 0.947. The number of hydrogen-bond donors (Lipinski definition) is 2.